The monoisotopic (exact) mass is 254 g/mol. The molecule has 0 aromatic carbocycles. The summed E-state index contributed by atoms with van der Waals surface area (Å²) in [5.74, 6) is -6.20. The van der Waals surface area contributed by atoms with E-state index in [2.05, 4.69) is 4.74 Å². The number of carbonyl (C=O) groups is 4. The van der Waals surface area contributed by atoms with Crippen LogP contribution in [0.5, 0.6) is 0 Å². The van der Waals surface area contributed by atoms with Crippen LogP contribution in [0.15, 0.2) is 11.1 Å². The summed E-state index contributed by atoms with van der Waals surface area (Å²) in [6.07, 6.45) is 0.350. The lowest BCUT2D eigenvalue weighted by Crippen LogP contribution is -2.49. The molecule has 2 N–H and O–H groups in total. The quantitative estimate of drug-likeness (QED) is 0.524. The minimum atomic E-state index is -2.39. The molecule has 2 aliphatic rings. The van der Waals surface area contributed by atoms with Gasteiger partial charge in [-0.25, -0.2) is 9.59 Å². The highest BCUT2D eigenvalue weighted by molar-refractivity contribution is 6.20. The lowest BCUT2D eigenvalue weighted by molar-refractivity contribution is -0.168. The highest BCUT2D eigenvalue weighted by atomic mass is 16.6. The summed E-state index contributed by atoms with van der Waals surface area (Å²) in [6.45, 7) is 1.43. The van der Waals surface area contributed by atoms with Gasteiger partial charge in [0.05, 0.1) is 5.57 Å². The van der Waals surface area contributed by atoms with Crippen molar-refractivity contribution in [3.8, 4) is 0 Å². The van der Waals surface area contributed by atoms with Crippen molar-refractivity contribution < 1.29 is 34.1 Å². The number of esters is 2. The molecule has 1 atom stereocenters. The Morgan fingerprint density at radius 3 is 2.28 bits per heavy atom. The van der Waals surface area contributed by atoms with E-state index in [1.807, 2.05) is 0 Å². The zero-order valence-electron chi connectivity index (χ0n) is 9.43. The Labute approximate surface area is 101 Å². The number of carboxylic acid groups (broad SMARTS) is 2. The summed E-state index contributed by atoms with van der Waals surface area (Å²) in [4.78, 5) is 45.7. The second-order valence-corrected chi connectivity index (χ2v) is 4.39. The van der Waals surface area contributed by atoms with Crippen LogP contribution >= 0.6 is 0 Å². The average Bonchev–Trinajstić information content (AvgIpc) is 2.54. The maximum Gasteiger partial charge on any atom is 0.344 e. The van der Waals surface area contributed by atoms with E-state index in [-0.39, 0.29) is 18.4 Å². The maximum absolute atomic E-state index is 11.6. The van der Waals surface area contributed by atoms with Gasteiger partial charge >= 0.3 is 23.9 Å². The van der Waals surface area contributed by atoms with Gasteiger partial charge in [0.15, 0.2) is 5.41 Å². The first-order valence-corrected chi connectivity index (χ1v) is 5.30. The normalized spacial score (nSPS) is 25.7. The SMILES string of the molecule is CC1CCC2=C(C(=O)OC2=O)C1(C(=O)O)C(=O)O. The number of hydrogen-bond donors (Lipinski definition) is 2. The Morgan fingerprint density at radius 1 is 1.22 bits per heavy atom. The van der Waals surface area contributed by atoms with Gasteiger partial charge in [0, 0.05) is 5.57 Å². The molecular formula is C11H10O7. The lowest BCUT2D eigenvalue weighted by Gasteiger charge is -2.34. The van der Waals surface area contributed by atoms with Crippen LogP contribution in [-0.2, 0) is 23.9 Å². The van der Waals surface area contributed by atoms with Crippen LogP contribution in [0.2, 0.25) is 0 Å². The number of ether oxygens (including phenoxy) is 1. The first-order chi connectivity index (χ1) is 8.33. The van der Waals surface area contributed by atoms with E-state index in [0.29, 0.717) is 0 Å². The third kappa shape index (κ3) is 1.24. The van der Waals surface area contributed by atoms with Crippen molar-refractivity contribution in [1.29, 1.82) is 0 Å². The van der Waals surface area contributed by atoms with Crippen molar-refractivity contribution in [3.05, 3.63) is 11.1 Å². The maximum atomic E-state index is 11.6. The van der Waals surface area contributed by atoms with Gasteiger partial charge in [-0.05, 0) is 18.8 Å². The van der Waals surface area contributed by atoms with E-state index in [1.165, 1.54) is 6.92 Å². The highest BCUT2D eigenvalue weighted by Gasteiger charge is 2.62. The van der Waals surface area contributed by atoms with Gasteiger partial charge in [-0.1, -0.05) is 6.92 Å². The third-order valence-corrected chi connectivity index (χ3v) is 3.57. The molecule has 0 aromatic heterocycles. The molecule has 18 heavy (non-hydrogen) atoms. The van der Waals surface area contributed by atoms with E-state index in [1.54, 1.807) is 0 Å². The molecule has 0 aromatic rings. The molecule has 96 valence electrons. The highest BCUT2D eigenvalue weighted by Crippen LogP contribution is 2.48. The molecule has 1 aliphatic heterocycles. The largest absolute Gasteiger partial charge is 0.480 e. The van der Waals surface area contributed by atoms with E-state index < -0.39 is 40.8 Å². The first-order valence-electron chi connectivity index (χ1n) is 5.30. The number of carbonyl (C=O) groups excluding carboxylic acids is 2. The van der Waals surface area contributed by atoms with Gasteiger partial charge in [-0.2, -0.15) is 0 Å². The molecule has 1 aliphatic carbocycles. The number of aliphatic carboxylic acids is 2. The minimum Gasteiger partial charge on any atom is -0.480 e. The topological polar surface area (TPSA) is 118 Å². The number of cyclic esters (lactones) is 2. The number of hydrogen-bond acceptors (Lipinski definition) is 5. The summed E-state index contributed by atoms with van der Waals surface area (Å²) < 4.78 is 4.33. The molecule has 0 spiro atoms. The molecule has 0 saturated heterocycles. The Morgan fingerprint density at radius 2 is 1.78 bits per heavy atom. The summed E-state index contributed by atoms with van der Waals surface area (Å²) in [5, 5.41) is 18.5. The second kappa shape index (κ2) is 3.66. The zero-order chi connectivity index (χ0) is 13.7. The van der Waals surface area contributed by atoms with Crippen molar-refractivity contribution in [2.45, 2.75) is 19.8 Å². The number of rotatable bonds is 2. The van der Waals surface area contributed by atoms with Crippen molar-refractivity contribution in [3.63, 3.8) is 0 Å². The fraction of sp³-hybridized carbons (Fsp3) is 0.455. The molecule has 0 amide bonds. The van der Waals surface area contributed by atoms with E-state index in [0.717, 1.165) is 0 Å². The van der Waals surface area contributed by atoms with Crippen LogP contribution in [0.4, 0.5) is 0 Å². The molecular weight excluding hydrogens is 244 g/mol. The Hall–Kier alpha value is -2.18. The number of carboxylic acids is 2. The smallest absolute Gasteiger partial charge is 0.344 e. The van der Waals surface area contributed by atoms with Crippen molar-refractivity contribution in [2.75, 3.05) is 0 Å². The molecule has 1 unspecified atom stereocenters. The molecule has 1 heterocycles. The van der Waals surface area contributed by atoms with Gasteiger partial charge < -0.3 is 14.9 Å². The van der Waals surface area contributed by atoms with Gasteiger partial charge in [0.2, 0.25) is 0 Å². The van der Waals surface area contributed by atoms with Crippen LogP contribution in [0.1, 0.15) is 19.8 Å². The summed E-state index contributed by atoms with van der Waals surface area (Å²) >= 11 is 0. The summed E-state index contributed by atoms with van der Waals surface area (Å²) in [7, 11) is 0. The predicted octanol–water partition coefficient (Wildman–Crippen LogP) is -0.0481. The van der Waals surface area contributed by atoms with Gasteiger partial charge in [0.25, 0.3) is 0 Å². The van der Waals surface area contributed by atoms with Crippen LogP contribution in [0.3, 0.4) is 0 Å². The molecule has 7 nitrogen and oxygen atoms in total. The fourth-order valence-electron chi connectivity index (χ4n) is 2.60. The van der Waals surface area contributed by atoms with Gasteiger partial charge in [-0.15, -0.1) is 0 Å². The van der Waals surface area contributed by atoms with E-state index >= 15 is 0 Å². The third-order valence-electron chi connectivity index (χ3n) is 3.57. The van der Waals surface area contributed by atoms with E-state index in [4.69, 9.17) is 0 Å². The average molecular weight is 254 g/mol. The molecule has 0 saturated carbocycles. The Bertz CT molecular complexity index is 499. The summed E-state index contributed by atoms with van der Waals surface area (Å²) in [5.41, 5.74) is -3.04. The lowest BCUT2D eigenvalue weighted by atomic mass is 9.64. The van der Waals surface area contributed by atoms with Crippen molar-refractivity contribution in [2.24, 2.45) is 11.3 Å². The molecule has 0 bridgehead atoms. The van der Waals surface area contributed by atoms with Gasteiger partial charge in [0.1, 0.15) is 0 Å². The molecule has 0 radical (unpaired) electrons. The van der Waals surface area contributed by atoms with Crippen LogP contribution in [0.25, 0.3) is 0 Å². The molecule has 7 heteroatoms. The second-order valence-electron chi connectivity index (χ2n) is 4.39. The Kier molecular flexibility index (Phi) is 2.50. The zero-order valence-corrected chi connectivity index (χ0v) is 9.43. The van der Waals surface area contributed by atoms with Gasteiger partial charge in [-0.3, -0.25) is 9.59 Å². The molecule has 2 rings (SSSR count). The van der Waals surface area contributed by atoms with Crippen LogP contribution in [0, 0.1) is 11.3 Å². The molecule has 0 fully saturated rings. The Balaban J connectivity index is 2.76. The predicted molar refractivity (Wildman–Crippen MR) is 54.2 cm³/mol. The first kappa shape index (κ1) is 12.3. The minimum absolute atomic E-state index is 0.122. The standard InChI is InChI=1S/C11H10O7/c1-4-2-3-5-6(8(13)18-7(5)12)11(4,9(14)15)10(16)17/h4H,2-3H2,1H3,(H,14,15)(H,16,17). The van der Waals surface area contributed by atoms with Crippen molar-refractivity contribution in [1.82, 2.24) is 0 Å². The van der Waals surface area contributed by atoms with Crippen molar-refractivity contribution >= 4 is 23.9 Å². The fourth-order valence-corrected chi connectivity index (χ4v) is 2.60. The van der Waals surface area contributed by atoms with Crippen LogP contribution < -0.4 is 0 Å². The summed E-state index contributed by atoms with van der Waals surface area (Å²) in [6, 6.07) is 0. The van der Waals surface area contributed by atoms with Crippen LogP contribution in [-0.4, -0.2) is 34.1 Å². The van der Waals surface area contributed by atoms with E-state index in [9.17, 15) is 29.4 Å².